The topological polar surface area (TPSA) is 124 Å². The molecule has 0 fully saturated rings. The quantitative estimate of drug-likeness (QED) is 0.0869. The van der Waals surface area contributed by atoms with E-state index in [1.807, 2.05) is 12.1 Å². The highest BCUT2D eigenvalue weighted by atomic mass is 16.6. The van der Waals surface area contributed by atoms with E-state index in [4.69, 9.17) is 28.4 Å². The van der Waals surface area contributed by atoms with E-state index in [0.29, 0.717) is 33.8 Å². The monoisotopic (exact) mass is 640 g/mol. The predicted molar refractivity (Wildman–Crippen MR) is 170 cm³/mol. The summed E-state index contributed by atoms with van der Waals surface area (Å²) in [6, 6.07) is 31.3. The van der Waals surface area contributed by atoms with E-state index in [1.54, 1.807) is 97.1 Å². The number of ether oxygens (including phenoxy) is 6. The molecule has 0 spiro atoms. The highest BCUT2D eigenvalue weighted by Gasteiger charge is 2.44. The van der Waals surface area contributed by atoms with Crippen molar-refractivity contribution in [3.8, 4) is 11.5 Å². The van der Waals surface area contributed by atoms with Gasteiger partial charge in [0.05, 0.1) is 26.6 Å². The number of carbonyl (C=O) groups is 4. The number of hydrogen-bond donors (Lipinski definition) is 0. The zero-order chi connectivity index (χ0) is 33.4. The van der Waals surface area contributed by atoms with Gasteiger partial charge >= 0.3 is 23.9 Å². The number of benzene rings is 4. The van der Waals surface area contributed by atoms with E-state index >= 15 is 0 Å². The minimum Gasteiger partial charge on any atom is -0.497 e. The average Bonchev–Trinajstić information content (AvgIpc) is 3.12. The van der Waals surface area contributed by atoms with Crippen molar-refractivity contribution in [2.24, 2.45) is 11.8 Å². The number of carbonyl (C=O) groups excluding carboxylic acids is 4. The van der Waals surface area contributed by atoms with Gasteiger partial charge in [0.1, 0.15) is 37.9 Å². The molecule has 0 amide bonds. The Morgan fingerprint density at radius 2 is 0.830 bits per heavy atom. The molecule has 10 nitrogen and oxygen atoms in total. The van der Waals surface area contributed by atoms with Gasteiger partial charge in [0.2, 0.25) is 0 Å². The SMILES string of the molecule is COc1ccc(COC(=O)CC(C(=O)OCc2ccc(OC)cc2)C(C(=O)OCc2ccccc2)C(=O)OCc2ccccc2)cc1. The second-order valence-corrected chi connectivity index (χ2v) is 10.4. The molecular weight excluding hydrogens is 604 g/mol. The summed E-state index contributed by atoms with van der Waals surface area (Å²) in [5.74, 6) is -6.07. The lowest BCUT2D eigenvalue weighted by Gasteiger charge is -2.23. The highest BCUT2D eigenvalue weighted by Crippen LogP contribution is 2.25. The van der Waals surface area contributed by atoms with Crippen LogP contribution < -0.4 is 9.47 Å². The van der Waals surface area contributed by atoms with Crippen LogP contribution in [-0.4, -0.2) is 38.1 Å². The Labute approximate surface area is 273 Å². The third-order valence-electron chi connectivity index (χ3n) is 7.15. The van der Waals surface area contributed by atoms with Gasteiger partial charge in [-0.25, -0.2) is 0 Å². The van der Waals surface area contributed by atoms with Crippen molar-refractivity contribution in [2.45, 2.75) is 32.8 Å². The lowest BCUT2D eigenvalue weighted by Crippen LogP contribution is -2.40. The van der Waals surface area contributed by atoms with Crippen LogP contribution in [0.15, 0.2) is 109 Å². The van der Waals surface area contributed by atoms with Crippen molar-refractivity contribution in [1.82, 2.24) is 0 Å². The van der Waals surface area contributed by atoms with Crippen molar-refractivity contribution < 1.29 is 47.6 Å². The van der Waals surface area contributed by atoms with Crippen LogP contribution in [0.4, 0.5) is 0 Å². The van der Waals surface area contributed by atoms with Crippen LogP contribution in [0, 0.1) is 11.8 Å². The molecule has 244 valence electrons. The van der Waals surface area contributed by atoms with Crippen molar-refractivity contribution in [3.63, 3.8) is 0 Å². The van der Waals surface area contributed by atoms with Crippen LogP contribution in [-0.2, 0) is 64.6 Å². The van der Waals surface area contributed by atoms with E-state index in [2.05, 4.69) is 0 Å². The van der Waals surface area contributed by atoms with Crippen LogP contribution in [0.1, 0.15) is 28.7 Å². The molecule has 0 aliphatic heterocycles. The van der Waals surface area contributed by atoms with Crippen LogP contribution in [0.3, 0.4) is 0 Å². The fourth-order valence-corrected chi connectivity index (χ4v) is 4.51. The number of esters is 4. The van der Waals surface area contributed by atoms with Crippen molar-refractivity contribution in [2.75, 3.05) is 14.2 Å². The molecule has 0 aliphatic rings. The molecule has 4 aromatic rings. The first-order valence-corrected chi connectivity index (χ1v) is 14.9. The van der Waals surface area contributed by atoms with Crippen molar-refractivity contribution in [3.05, 3.63) is 131 Å². The highest BCUT2D eigenvalue weighted by molar-refractivity contribution is 6.00. The molecular formula is C37H36O10. The fourth-order valence-electron chi connectivity index (χ4n) is 4.51. The van der Waals surface area contributed by atoms with Gasteiger partial charge in [0.15, 0.2) is 5.92 Å². The van der Waals surface area contributed by atoms with Gasteiger partial charge in [-0.15, -0.1) is 0 Å². The van der Waals surface area contributed by atoms with Crippen LogP contribution in [0.25, 0.3) is 0 Å². The lowest BCUT2D eigenvalue weighted by atomic mass is 9.89. The van der Waals surface area contributed by atoms with Gasteiger partial charge in [0, 0.05) is 0 Å². The summed E-state index contributed by atoms with van der Waals surface area (Å²) < 4.78 is 32.3. The first-order chi connectivity index (χ1) is 22.9. The molecule has 0 N–H and O–H groups in total. The van der Waals surface area contributed by atoms with Gasteiger partial charge in [-0.05, 0) is 46.5 Å². The first-order valence-electron chi connectivity index (χ1n) is 14.9. The third kappa shape index (κ3) is 10.7. The van der Waals surface area contributed by atoms with Crippen LogP contribution in [0.2, 0.25) is 0 Å². The molecule has 0 bridgehead atoms. The number of methoxy groups -OCH3 is 2. The second-order valence-electron chi connectivity index (χ2n) is 10.4. The molecule has 10 heteroatoms. The molecule has 0 saturated heterocycles. The van der Waals surface area contributed by atoms with Gasteiger partial charge < -0.3 is 28.4 Å². The molecule has 47 heavy (non-hydrogen) atoms. The maximum atomic E-state index is 13.6. The minimum atomic E-state index is -1.82. The number of rotatable bonds is 16. The van der Waals surface area contributed by atoms with Gasteiger partial charge in [0.25, 0.3) is 0 Å². The predicted octanol–water partition coefficient (Wildman–Crippen LogP) is 5.60. The largest absolute Gasteiger partial charge is 0.497 e. The Morgan fingerprint density at radius 3 is 1.23 bits per heavy atom. The standard InChI is InChI=1S/C37H36O10/c1-42-30-17-13-28(14-18-30)22-44-33(38)21-32(35(39)45-25-29-15-19-31(43-2)20-16-29)34(36(40)46-23-26-9-5-3-6-10-26)37(41)47-24-27-11-7-4-8-12-27/h3-20,32,34H,21-25H2,1-2H3. The normalized spacial score (nSPS) is 11.2. The fraction of sp³-hybridized carbons (Fsp3) is 0.243. The molecule has 1 unspecified atom stereocenters. The molecule has 4 rings (SSSR count). The van der Waals surface area contributed by atoms with Crippen molar-refractivity contribution >= 4 is 23.9 Å². The summed E-state index contributed by atoms with van der Waals surface area (Å²) in [5.41, 5.74) is 2.61. The zero-order valence-corrected chi connectivity index (χ0v) is 26.2. The molecule has 0 saturated carbocycles. The van der Waals surface area contributed by atoms with Crippen LogP contribution >= 0.6 is 0 Å². The summed E-state index contributed by atoms with van der Waals surface area (Å²) in [6.45, 7) is -0.640. The van der Waals surface area contributed by atoms with Crippen LogP contribution in [0.5, 0.6) is 11.5 Å². The first kappa shape index (κ1) is 34.2. The lowest BCUT2D eigenvalue weighted by molar-refractivity contribution is -0.175. The molecule has 0 heterocycles. The Hall–Kier alpha value is -5.64. The maximum Gasteiger partial charge on any atom is 0.321 e. The maximum absolute atomic E-state index is 13.6. The summed E-state index contributed by atoms with van der Waals surface area (Å²) in [6.07, 6.45) is -0.650. The van der Waals surface area contributed by atoms with Gasteiger partial charge in [-0.1, -0.05) is 84.9 Å². The number of hydrogen-bond acceptors (Lipinski definition) is 10. The summed E-state index contributed by atoms with van der Waals surface area (Å²) in [5, 5.41) is 0. The third-order valence-corrected chi connectivity index (χ3v) is 7.15. The van der Waals surface area contributed by atoms with E-state index < -0.39 is 42.1 Å². The van der Waals surface area contributed by atoms with E-state index in [9.17, 15) is 19.2 Å². The molecule has 0 aliphatic carbocycles. The smallest absolute Gasteiger partial charge is 0.321 e. The summed E-state index contributed by atoms with van der Waals surface area (Å²) >= 11 is 0. The Kier molecular flexibility index (Phi) is 12.9. The van der Waals surface area contributed by atoms with E-state index in [1.165, 1.54) is 14.2 Å². The van der Waals surface area contributed by atoms with E-state index in [0.717, 1.165) is 0 Å². The molecule has 1 atom stereocenters. The van der Waals surface area contributed by atoms with Gasteiger partial charge in [-0.3, -0.25) is 19.2 Å². The van der Waals surface area contributed by atoms with E-state index in [-0.39, 0.29) is 26.4 Å². The second kappa shape index (κ2) is 17.7. The Bertz CT molecular complexity index is 1530. The zero-order valence-electron chi connectivity index (χ0n) is 26.2. The molecule has 0 aromatic heterocycles. The van der Waals surface area contributed by atoms with Crippen molar-refractivity contribution in [1.29, 1.82) is 0 Å². The molecule has 4 aromatic carbocycles. The molecule has 0 radical (unpaired) electrons. The van der Waals surface area contributed by atoms with Gasteiger partial charge in [-0.2, -0.15) is 0 Å². The Balaban J connectivity index is 1.56. The minimum absolute atomic E-state index is 0.113. The average molecular weight is 641 g/mol. The Morgan fingerprint density at radius 1 is 0.468 bits per heavy atom. The summed E-state index contributed by atoms with van der Waals surface area (Å²) in [7, 11) is 3.07. The summed E-state index contributed by atoms with van der Waals surface area (Å²) in [4.78, 5) is 53.9.